The Hall–Kier alpha value is -4.12. The number of nitrogens with one attached hydrogen (secondary N) is 3. The summed E-state index contributed by atoms with van der Waals surface area (Å²) in [4.78, 5) is 28.5. The van der Waals surface area contributed by atoms with Crippen molar-refractivity contribution in [3.63, 3.8) is 0 Å². The van der Waals surface area contributed by atoms with Crippen LogP contribution < -0.4 is 25.5 Å². The molecule has 0 fully saturated rings. The van der Waals surface area contributed by atoms with Gasteiger partial charge in [-0.05, 0) is 43.7 Å². The van der Waals surface area contributed by atoms with Crippen LogP contribution in [-0.2, 0) is 9.53 Å². The number of rotatable bonds is 10. The molecule has 0 saturated carbocycles. The third kappa shape index (κ3) is 6.23. The average Bonchev–Trinajstić information content (AvgIpc) is 2.83. The Labute approximate surface area is 196 Å². The zero-order chi connectivity index (χ0) is 24.5. The van der Waals surface area contributed by atoms with Gasteiger partial charge < -0.3 is 30.0 Å². The molecule has 0 spiro atoms. The topological polar surface area (TPSA) is 143 Å². The Morgan fingerprint density at radius 3 is 2.82 bits per heavy atom. The minimum absolute atomic E-state index is 0.116. The summed E-state index contributed by atoms with van der Waals surface area (Å²) in [5.41, 5.74) is 4.48. The Bertz CT molecular complexity index is 1070. The van der Waals surface area contributed by atoms with Crippen molar-refractivity contribution in [3.05, 3.63) is 65.1 Å². The van der Waals surface area contributed by atoms with Crippen LogP contribution in [0.25, 0.3) is 0 Å². The molecule has 4 N–H and O–H groups in total. The van der Waals surface area contributed by atoms with E-state index in [-0.39, 0.29) is 12.2 Å². The van der Waals surface area contributed by atoms with Gasteiger partial charge in [-0.3, -0.25) is 10.4 Å². The normalized spacial score (nSPS) is 16.5. The van der Waals surface area contributed by atoms with Gasteiger partial charge in [-0.25, -0.2) is 9.59 Å². The first-order chi connectivity index (χ1) is 16.4. The number of benzene rings is 1. The first-order valence-corrected chi connectivity index (χ1v) is 10.6. The molecule has 0 saturated heterocycles. The van der Waals surface area contributed by atoms with Crippen molar-refractivity contribution in [2.75, 3.05) is 20.3 Å². The molecular weight excluding hydrogens is 442 g/mol. The summed E-state index contributed by atoms with van der Waals surface area (Å²) in [6.45, 7) is 3.68. The largest absolute Gasteiger partial charge is 0.490 e. The second-order valence-electron chi connectivity index (χ2n) is 7.17. The summed E-state index contributed by atoms with van der Waals surface area (Å²) in [7, 11) is 1.28. The number of carbonyl (C=O) groups is 2. The van der Waals surface area contributed by atoms with Crippen molar-refractivity contribution in [1.82, 2.24) is 21.0 Å². The van der Waals surface area contributed by atoms with Gasteiger partial charge >= 0.3 is 12.0 Å². The molecule has 0 unspecified atom stereocenters. The monoisotopic (exact) mass is 469 g/mol. The second kappa shape index (κ2) is 11.7. The predicted molar refractivity (Wildman–Crippen MR) is 123 cm³/mol. The molecule has 1 aromatic carbocycles. The zero-order valence-corrected chi connectivity index (χ0v) is 19.1. The number of esters is 1. The quantitative estimate of drug-likeness (QED) is 0.178. The van der Waals surface area contributed by atoms with Gasteiger partial charge in [0.25, 0.3) is 0 Å². The van der Waals surface area contributed by atoms with Crippen molar-refractivity contribution >= 4 is 18.2 Å². The van der Waals surface area contributed by atoms with Crippen LogP contribution in [0.1, 0.15) is 31.1 Å². The van der Waals surface area contributed by atoms with Crippen molar-refractivity contribution < 1.29 is 28.9 Å². The van der Waals surface area contributed by atoms with Gasteiger partial charge in [-0.2, -0.15) is 5.10 Å². The number of allylic oxidation sites excluding steroid dienone is 1. The van der Waals surface area contributed by atoms with E-state index in [9.17, 15) is 14.7 Å². The third-order valence-electron chi connectivity index (χ3n) is 4.78. The molecule has 0 bridgehead atoms. The number of pyridine rings is 1. The van der Waals surface area contributed by atoms with Crippen LogP contribution in [-0.4, -0.2) is 54.9 Å². The van der Waals surface area contributed by atoms with Gasteiger partial charge in [-0.15, -0.1) is 0 Å². The van der Waals surface area contributed by atoms with E-state index in [1.165, 1.54) is 13.3 Å². The summed E-state index contributed by atoms with van der Waals surface area (Å²) in [5, 5.41) is 19.4. The molecule has 2 heterocycles. The number of ether oxygens (including phenoxy) is 3. The highest BCUT2D eigenvalue weighted by atomic mass is 16.5. The smallest absolute Gasteiger partial charge is 0.337 e. The summed E-state index contributed by atoms with van der Waals surface area (Å²) < 4.78 is 16.3. The summed E-state index contributed by atoms with van der Waals surface area (Å²) >= 11 is 0. The number of methoxy groups -OCH3 is 1. The number of urea groups is 1. The number of hydrogen-bond donors (Lipinski definition) is 4. The highest BCUT2D eigenvalue weighted by Crippen LogP contribution is 2.34. The maximum absolute atomic E-state index is 12.3. The lowest BCUT2D eigenvalue weighted by molar-refractivity contribution is -0.136. The molecule has 0 aliphatic carbocycles. The van der Waals surface area contributed by atoms with Gasteiger partial charge in [0.15, 0.2) is 17.7 Å². The van der Waals surface area contributed by atoms with E-state index in [0.717, 1.165) is 0 Å². The lowest BCUT2D eigenvalue weighted by atomic mass is 9.95. The minimum atomic E-state index is -1.09. The SMILES string of the molecule is CCOc1cc([C@H]2NC(=O)NC(C)=C2C(=O)OC)ccc1OC[C@H](O)N/N=C\c1ccccn1. The number of nitrogens with zero attached hydrogens (tertiary/aromatic N) is 2. The lowest BCUT2D eigenvalue weighted by Gasteiger charge is -2.28. The Balaban J connectivity index is 1.72. The van der Waals surface area contributed by atoms with Crippen molar-refractivity contribution in [2.24, 2.45) is 5.10 Å². The number of aliphatic hydroxyl groups is 1. The Morgan fingerprint density at radius 1 is 1.29 bits per heavy atom. The zero-order valence-electron chi connectivity index (χ0n) is 19.1. The lowest BCUT2D eigenvalue weighted by Crippen LogP contribution is -2.45. The maximum Gasteiger partial charge on any atom is 0.337 e. The number of carbonyl (C=O) groups excluding carboxylic acids is 2. The third-order valence-corrected chi connectivity index (χ3v) is 4.78. The standard InChI is InChI=1S/C23H27N5O6/c1-4-33-18-11-15(21-20(22(30)32-3)14(2)26-23(31)27-21)8-9-17(18)34-13-19(29)28-25-12-16-7-5-6-10-24-16/h5-12,19,21,28-29H,4,13H2,1-3H3,(H2,26,27,31)/b25-12-/t19-,21+/m0/s1. The van der Waals surface area contributed by atoms with Crippen LogP contribution in [0, 0.1) is 0 Å². The van der Waals surface area contributed by atoms with E-state index in [2.05, 4.69) is 26.1 Å². The molecule has 34 heavy (non-hydrogen) atoms. The van der Waals surface area contributed by atoms with Crippen LogP contribution in [0.3, 0.4) is 0 Å². The van der Waals surface area contributed by atoms with Crippen LogP contribution >= 0.6 is 0 Å². The molecule has 1 aliphatic rings. The van der Waals surface area contributed by atoms with Gasteiger partial charge in [0.1, 0.15) is 6.61 Å². The molecule has 2 atom stereocenters. The highest BCUT2D eigenvalue weighted by molar-refractivity contribution is 5.95. The molecule has 0 radical (unpaired) electrons. The van der Waals surface area contributed by atoms with Crippen LogP contribution in [0.4, 0.5) is 4.79 Å². The molecule has 11 nitrogen and oxygen atoms in total. The van der Waals surface area contributed by atoms with E-state index >= 15 is 0 Å². The van der Waals surface area contributed by atoms with Crippen LogP contribution in [0.5, 0.6) is 11.5 Å². The van der Waals surface area contributed by atoms with Gasteiger partial charge in [0.2, 0.25) is 0 Å². The fraction of sp³-hybridized carbons (Fsp3) is 0.304. The highest BCUT2D eigenvalue weighted by Gasteiger charge is 2.32. The maximum atomic E-state index is 12.3. The molecular formula is C23H27N5O6. The van der Waals surface area contributed by atoms with E-state index in [1.54, 1.807) is 43.5 Å². The van der Waals surface area contributed by atoms with Crippen molar-refractivity contribution in [3.8, 4) is 11.5 Å². The van der Waals surface area contributed by atoms with Gasteiger partial charge in [0, 0.05) is 11.9 Å². The molecule has 2 amide bonds. The fourth-order valence-corrected chi connectivity index (χ4v) is 3.26. The van der Waals surface area contributed by atoms with Crippen molar-refractivity contribution in [2.45, 2.75) is 26.1 Å². The Morgan fingerprint density at radius 2 is 2.12 bits per heavy atom. The van der Waals surface area contributed by atoms with Crippen molar-refractivity contribution in [1.29, 1.82) is 0 Å². The van der Waals surface area contributed by atoms with Crippen LogP contribution in [0.15, 0.2) is 59.0 Å². The van der Waals surface area contributed by atoms with E-state index < -0.39 is 24.3 Å². The van der Waals surface area contributed by atoms with E-state index in [1.807, 2.05) is 13.0 Å². The predicted octanol–water partition coefficient (Wildman–Crippen LogP) is 1.60. The number of hydrogen-bond acceptors (Lipinski definition) is 9. The number of aromatic nitrogens is 1. The molecule has 2 aromatic rings. The fourth-order valence-electron chi connectivity index (χ4n) is 3.26. The molecule has 11 heteroatoms. The van der Waals surface area contributed by atoms with Gasteiger partial charge in [-0.1, -0.05) is 12.1 Å². The van der Waals surface area contributed by atoms with Gasteiger partial charge in [0.05, 0.1) is 37.2 Å². The summed E-state index contributed by atoms with van der Waals surface area (Å²) in [5.74, 6) is 0.202. The molecule has 3 rings (SSSR count). The minimum Gasteiger partial charge on any atom is -0.490 e. The first-order valence-electron chi connectivity index (χ1n) is 10.6. The van der Waals surface area contributed by atoms with E-state index in [0.29, 0.717) is 35.1 Å². The first kappa shape index (κ1) is 24.5. The number of amides is 2. The Kier molecular flexibility index (Phi) is 8.41. The summed E-state index contributed by atoms with van der Waals surface area (Å²) in [6, 6.07) is 9.24. The number of hydrazone groups is 1. The average molecular weight is 469 g/mol. The number of aliphatic hydroxyl groups excluding tert-OH is 1. The molecule has 180 valence electrons. The van der Waals surface area contributed by atoms with E-state index in [4.69, 9.17) is 14.2 Å². The molecule has 1 aromatic heterocycles. The summed E-state index contributed by atoms with van der Waals surface area (Å²) in [6.07, 6.45) is 2.03. The second-order valence-corrected chi connectivity index (χ2v) is 7.17. The molecule has 1 aliphatic heterocycles. The van der Waals surface area contributed by atoms with Crippen LogP contribution in [0.2, 0.25) is 0 Å².